The first-order valence-electron chi connectivity index (χ1n) is 7.14. The van der Waals surface area contributed by atoms with Gasteiger partial charge in [0.05, 0.1) is 9.27 Å². The number of nitrogens with zero attached hydrogens (tertiary/aromatic N) is 1. The zero-order valence-electron chi connectivity index (χ0n) is 12.4. The number of hydrogen-bond acceptors (Lipinski definition) is 4. The minimum atomic E-state index is -0.792. The molecule has 5 nitrogen and oxygen atoms in total. The molecule has 0 aromatic heterocycles. The second-order valence-electron chi connectivity index (χ2n) is 5.03. The predicted molar refractivity (Wildman–Crippen MR) is 96.2 cm³/mol. The van der Waals surface area contributed by atoms with Gasteiger partial charge in [0.25, 0.3) is 11.8 Å². The molecule has 1 aliphatic rings. The average molecular weight is 433 g/mol. The molecule has 24 heavy (non-hydrogen) atoms. The number of carbonyl (C=O) groups is 3. The maximum atomic E-state index is 12.5. The lowest BCUT2D eigenvalue weighted by Gasteiger charge is -2.14. The molecule has 0 spiro atoms. The number of halogens is 1. The van der Waals surface area contributed by atoms with Crippen LogP contribution < -0.4 is 4.90 Å². The lowest BCUT2D eigenvalue weighted by molar-refractivity contribution is -0.141. The summed E-state index contributed by atoms with van der Waals surface area (Å²) in [6.45, 7) is 0.0416. The van der Waals surface area contributed by atoms with E-state index < -0.39 is 17.8 Å². The summed E-state index contributed by atoms with van der Waals surface area (Å²) in [4.78, 5) is 38.1. The highest BCUT2D eigenvalue weighted by molar-refractivity contribution is 14.1. The fourth-order valence-corrected chi connectivity index (χ4v) is 2.98. The highest BCUT2D eigenvalue weighted by Crippen LogP contribution is 2.31. The molecule has 0 saturated heterocycles. The number of rotatable bonds is 4. The number of anilines is 1. The van der Waals surface area contributed by atoms with Gasteiger partial charge in [0.2, 0.25) is 0 Å². The van der Waals surface area contributed by atoms with Crippen molar-refractivity contribution in [3.05, 3.63) is 75.4 Å². The summed E-state index contributed by atoms with van der Waals surface area (Å²) in [5.41, 5.74) is 1.01. The molecule has 6 heteroatoms. The second-order valence-corrected chi connectivity index (χ2v) is 6.11. The molecule has 1 aliphatic heterocycles. The summed E-state index contributed by atoms with van der Waals surface area (Å²) in [5, 5.41) is 0. The molecule has 0 saturated carbocycles. The molecular formula is C18H12INO4. The summed E-state index contributed by atoms with van der Waals surface area (Å²) < 4.78 is 5.25. The Morgan fingerprint density at radius 3 is 2.12 bits per heavy atom. The van der Waals surface area contributed by atoms with Crippen LogP contribution in [0.15, 0.2) is 69.8 Å². The van der Waals surface area contributed by atoms with E-state index in [1.54, 1.807) is 52.9 Å². The van der Waals surface area contributed by atoms with Crippen molar-refractivity contribution in [2.75, 3.05) is 4.90 Å². The number of benzene rings is 2. The summed E-state index contributed by atoms with van der Waals surface area (Å²) in [5.74, 6) is -1.97. The van der Waals surface area contributed by atoms with Crippen molar-refractivity contribution in [1.82, 2.24) is 0 Å². The monoisotopic (exact) mass is 433 g/mol. The van der Waals surface area contributed by atoms with Crippen LogP contribution in [0.2, 0.25) is 0 Å². The first-order chi connectivity index (χ1) is 11.6. The number of imide groups is 1. The Hall–Kier alpha value is -2.48. The summed E-state index contributed by atoms with van der Waals surface area (Å²) in [6, 6.07) is 17.6. The Kier molecular flexibility index (Phi) is 4.75. The van der Waals surface area contributed by atoms with Gasteiger partial charge < -0.3 is 4.74 Å². The smallest absolute Gasteiger partial charge is 0.345 e. The topological polar surface area (TPSA) is 63.7 Å². The number of amides is 2. The van der Waals surface area contributed by atoms with Crippen molar-refractivity contribution in [2.45, 2.75) is 6.61 Å². The molecule has 1 heterocycles. The standard InChI is InChI=1S/C18H12INO4/c19-15-14(18(23)24-11-12-7-3-1-4-8-12)16(21)20(17(15)22)13-9-5-2-6-10-13/h1-10H,11H2. The Morgan fingerprint density at radius 1 is 0.917 bits per heavy atom. The predicted octanol–water partition coefficient (Wildman–Crippen LogP) is 2.99. The van der Waals surface area contributed by atoms with Crippen molar-refractivity contribution in [2.24, 2.45) is 0 Å². The molecule has 120 valence electrons. The van der Waals surface area contributed by atoms with Gasteiger partial charge in [-0.05, 0) is 40.3 Å². The van der Waals surface area contributed by atoms with Gasteiger partial charge in [-0.1, -0.05) is 48.5 Å². The van der Waals surface area contributed by atoms with E-state index in [2.05, 4.69) is 0 Å². The van der Waals surface area contributed by atoms with E-state index in [1.807, 2.05) is 30.3 Å². The molecule has 0 aliphatic carbocycles. The van der Waals surface area contributed by atoms with Crippen LogP contribution in [0.3, 0.4) is 0 Å². The SMILES string of the molecule is O=C(OCc1ccccc1)C1=C(I)C(=O)N(c2ccccc2)C1=O. The maximum absolute atomic E-state index is 12.5. The van der Waals surface area contributed by atoms with Crippen LogP contribution in [-0.4, -0.2) is 17.8 Å². The molecule has 0 atom stereocenters. The normalized spacial score (nSPS) is 14.3. The van der Waals surface area contributed by atoms with E-state index in [-0.39, 0.29) is 15.8 Å². The Labute approximate surface area is 152 Å². The third-order valence-corrected chi connectivity index (χ3v) is 4.46. The van der Waals surface area contributed by atoms with E-state index in [0.29, 0.717) is 5.69 Å². The van der Waals surface area contributed by atoms with Gasteiger partial charge in [0.15, 0.2) is 0 Å². The van der Waals surface area contributed by atoms with Crippen molar-refractivity contribution in [3.8, 4) is 0 Å². The van der Waals surface area contributed by atoms with Crippen molar-refractivity contribution < 1.29 is 19.1 Å². The van der Waals surface area contributed by atoms with Crippen molar-refractivity contribution in [3.63, 3.8) is 0 Å². The molecule has 0 fully saturated rings. The lowest BCUT2D eigenvalue weighted by atomic mass is 10.2. The molecule has 0 radical (unpaired) electrons. The highest BCUT2D eigenvalue weighted by atomic mass is 127. The van der Waals surface area contributed by atoms with Gasteiger partial charge >= 0.3 is 5.97 Å². The van der Waals surface area contributed by atoms with Crippen LogP contribution >= 0.6 is 22.6 Å². The molecule has 2 aromatic rings. The van der Waals surface area contributed by atoms with Gasteiger partial charge in [-0.2, -0.15) is 0 Å². The zero-order chi connectivity index (χ0) is 17.1. The van der Waals surface area contributed by atoms with Crippen molar-refractivity contribution >= 4 is 46.1 Å². The third-order valence-electron chi connectivity index (χ3n) is 3.46. The van der Waals surface area contributed by atoms with E-state index in [9.17, 15) is 14.4 Å². The van der Waals surface area contributed by atoms with E-state index in [0.717, 1.165) is 10.5 Å². The van der Waals surface area contributed by atoms with Crippen molar-refractivity contribution in [1.29, 1.82) is 0 Å². The molecule has 2 aromatic carbocycles. The van der Waals surface area contributed by atoms with Crippen LogP contribution in [0.25, 0.3) is 0 Å². The minimum absolute atomic E-state index is 0.0416. The van der Waals surface area contributed by atoms with Gasteiger partial charge in [-0.3, -0.25) is 9.59 Å². The number of carbonyl (C=O) groups excluding carboxylic acids is 3. The molecule has 0 bridgehead atoms. The zero-order valence-corrected chi connectivity index (χ0v) is 14.6. The Bertz CT molecular complexity index is 831. The fourth-order valence-electron chi connectivity index (χ4n) is 2.29. The summed E-state index contributed by atoms with van der Waals surface area (Å²) >= 11 is 1.71. The molecular weight excluding hydrogens is 421 g/mol. The fraction of sp³-hybridized carbons (Fsp3) is 0.0556. The highest BCUT2D eigenvalue weighted by Gasteiger charge is 2.42. The van der Waals surface area contributed by atoms with Crippen LogP contribution in [-0.2, 0) is 25.7 Å². The quantitative estimate of drug-likeness (QED) is 0.322. The van der Waals surface area contributed by atoms with Crippen LogP contribution in [0, 0.1) is 0 Å². The molecule has 0 N–H and O–H groups in total. The number of esters is 1. The van der Waals surface area contributed by atoms with Gasteiger partial charge in [0, 0.05) is 0 Å². The van der Waals surface area contributed by atoms with E-state index in [4.69, 9.17) is 4.74 Å². The van der Waals surface area contributed by atoms with E-state index >= 15 is 0 Å². The minimum Gasteiger partial charge on any atom is -0.457 e. The first kappa shape index (κ1) is 16.4. The van der Waals surface area contributed by atoms with Crippen LogP contribution in [0.4, 0.5) is 5.69 Å². The summed E-state index contributed by atoms with van der Waals surface area (Å²) in [6.07, 6.45) is 0. The second kappa shape index (κ2) is 6.96. The van der Waals surface area contributed by atoms with Gasteiger partial charge in [0.1, 0.15) is 12.2 Å². The maximum Gasteiger partial charge on any atom is 0.345 e. The molecule has 2 amide bonds. The number of hydrogen-bond donors (Lipinski definition) is 0. The molecule has 0 unspecified atom stereocenters. The van der Waals surface area contributed by atoms with Gasteiger partial charge in [-0.25, -0.2) is 9.69 Å². The lowest BCUT2D eigenvalue weighted by Crippen LogP contribution is -2.32. The molecule has 3 rings (SSSR count). The Balaban J connectivity index is 1.79. The first-order valence-corrected chi connectivity index (χ1v) is 8.22. The average Bonchev–Trinajstić information content (AvgIpc) is 2.84. The Morgan fingerprint density at radius 2 is 1.50 bits per heavy atom. The third kappa shape index (κ3) is 3.09. The largest absolute Gasteiger partial charge is 0.457 e. The van der Waals surface area contributed by atoms with Gasteiger partial charge in [-0.15, -0.1) is 0 Å². The number of ether oxygens (including phenoxy) is 1. The van der Waals surface area contributed by atoms with E-state index in [1.165, 1.54) is 0 Å². The van der Waals surface area contributed by atoms with Crippen LogP contribution in [0.5, 0.6) is 0 Å². The van der Waals surface area contributed by atoms with Crippen LogP contribution in [0.1, 0.15) is 5.56 Å². The summed E-state index contributed by atoms with van der Waals surface area (Å²) in [7, 11) is 0. The number of para-hydroxylation sites is 1.